The molecule has 2 aromatic rings. The van der Waals surface area contributed by atoms with Gasteiger partial charge in [-0.1, -0.05) is 0 Å². The molecule has 0 radical (unpaired) electrons. The number of hydrogen-bond donors (Lipinski definition) is 2. The van der Waals surface area contributed by atoms with Crippen molar-refractivity contribution < 1.29 is 9.90 Å². The van der Waals surface area contributed by atoms with Crippen LogP contribution in [0.1, 0.15) is 15.9 Å². The van der Waals surface area contributed by atoms with Gasteiger partial charge in [-0.2, -0.15) is 11.3 Å². The molecule has 0 amide bonds. The van der Waals surface area contributed by atoms with Crippen molar-refractivity contribution in [3.8, 4) is 0 Å². The second kappa shape index (κ2) is 5.10. The molecule has 0 saturated carbocycles. The summed E-state index contributed by atoms with van der Waals surface area (Å²) in [7, 11) is 1.93. The minimum Gasteiger partial charge on any atom is -0.478 e. The molecule has 0 aliphatic rings. The van der Waals surface area contributed by atoms with E-state index < -0.39 is 5.97 Å². The van der Waals surface area contributed by atoms with Crippen molar-refractivity contribution in [2.24, 2.45) is 0 Å². The third-order valence-electron chi connectivity index (χ3n) is 2.71. The van der Waals surface area contributed by atoms with Crippen LogP contribution in [-0.4, -0.2) is 18.1 Å². The van der Waals surface area contributed by atoms with Crippen molar-refractivity contribution in [2.75, 3.05) is 17.7 Å². The fraction of sp³-hybridized carbons (Fsp3) is 0.154. The molecule has 0 unspecified atom stereocenters. The fourth-order valence-corrected chi connectivity index (χ4v) is 2.37. The minimum atomic E-state index is -1.00. The molecule has 0 atom stereocenters. The molecule has 0 saturated heterocycles. The number of carbonyl (C=O) groups is 1. The second-order valence-electron chi connectivity index (χ2n) is 4.06. The predicted molar refractivity (Wildman–Crippen MR) is 74.2 cm³/mol. The van der Waals surface area contributed by atoms with Crippen molar-refractivity contribution in [2.45, 2.75) is 6.54 Å². The summed E-state index contributed by atoms with van der Waals surface area (Å²) in [6.45, 7) is 0.743. The quantitative estimate of drug-likeness (QED) is 0.831. The molecule has 0 spiro atoms. The summed E-state index contributed by atoms with van der Waals surface area (Å²) in [6, 6.07) is 7.11. The standard InChI is InChI=1S/C13H14N2O2S/c1-15(7-9-4-5-18-8-9)10-2-3-12(14)11(6-10)13(16)17/h2-6,8H,7,14H2,1H3,(H,16,17). The Morgan fingerprint density at radius 2 is 2.22 bits per heavy atom. The molecule has 5 heteroatoms. The molecule has 1 heterocycles. The Morgan fingerprint density at radius 3 is 2.83 bits per heavy atom. The van der Waals surface area contributed by atoms with Crippen LogP contribution in [0.5, 0.6) is 0 Å². The first-order valence-electron chi connectivity index (χ1n) is 5.43. The zero-order valence-electron chi connectivity index (χ0n) is 9.96. The van der Waals surface area contributed by atoms with Gasteiger partial charge in [-0.05, 0) is 40.6 Å². The zero-order valence-corrected chi connectivity index (χ0v) is 10.8. The van der Waals surface area contributed by atoms with Gasteiger partial charge in [0, 0.05) is 25.0 Å². The van der Waals surface area contributed by atoms with Gasteiger partial charge < -0.3 is 15.7 Å². The topological polar surface area (TPSA) is 66.6 Å². The van der Waals surface area contributed by atoms with E-state index in [1.165, 1.54) is 5.56 Å². The molecule has 0 bridgehead atoms. The molecule has 4 nitrogen and oxygen atoms in total. The average Bonchev–Trinajstić information content (AvgIpc) is 2.81. The Hall–Kier alpha value is -2.01. The lowest BCUT2D eigenvalue weighted by molar-refractivity contribution is 0.0698. The summed E-state index contributed by atoms with van der Waals surface area (Å²) in [5.41, 5.74) is 8.10. The van der Waals surface area contributed by atoms with Crippen molar-refractivity contribution in [3.05, 3.63) is 46.2 Å². The normalized spacial score (nSPS) is 10.3. The van der Waals surface area contributed by atoms with Gasteiger partial charge in [0.1, 0.15) is 0 Å². The van der Waals surface area contributed by atoms with E-state index in [4.69, 9.17) is 10.8 Å². The molecule has 1 aromatic heterocycles. The lowest BCUT2D eigenvalue weighted by atomic mass is 10.1. The molecule has 18 heavy (non-hydrogen) atoms. The van der Waals surface area contributed by atoms with E-state index in [0.717, 1.165) is 12.2 Å². The van der Waals surface area contributed by atoms with E-state index in [2.05, 4.69) is 11.4 Å². The van der Waals surface area contributed by atoms with E-state index in [9.17, 15) is 4.79 Å². The molecular weight excluding hydrogens is 248 g/mol. The van der Waals surface area contributed by atoms with Gasteiger partial charge in [0.05, 0.1) is 5.56 Å². The largest absolute Gasteiger partial charge is 0.478 e. The van der Waals surface area contributed by atoms with Crippen LogP contribution >= 0.6 is 11.3 Å². The molecule has 3 N–H and O–H groups in total. The molecule has 1 aromatic carbocycles. The number of nitrogens with two attached hydrogens (primary N) is 1. The van der Waals surface area contributed by atoms with Gasteiger partial charge >= 0.3 is 5.97 Å². The smallest absolute Gasteiger partial charge is 0.337 e. The fourth-order valence-electron chi connectivity index (χ4n) is 1.71. The number of thiophene rings is 1. The van der Waals surface area contributed by atoms with E-state index >= 15 is 0 Å². The van der Waals surface area contributed by atoms with Crippen LogP contribution in [0.3, 0.4) is 0 Å². The third kappa shape index (κ3) is 2.62. The summed E-state index contributed by atoms with van der Waals surface area (Å²) in [5.74, 6) is -1.00. The van der Waals surface area contributed by atoms with Gasteiger partial charge in [-0.15, -0.1) is 0 Å². The summed E-state index contributed by atoms with van der Waals surface area (Å²) >= 11 is 1.65. The van der Waals surface area contributed by atoms with Gasteiger partial charge in [-0.25, -0.2) is 4.79 Å². The SMILES string of the molecule is CN(Cc1ccsc1)c1ccc(N)c(C(=O)O)c1. The maximum Gasteiger partial charge on any atom is 0.337 e. The number of carboxylic acid groups (broad SMARTS) is 1. The highest BCUT2D eigenvalue weighted by Crippen LogP contribution is 2.22. The second-order valence-corrected chi connectivity index (χ2v) is 4.84. The summed E-state index contributed by atoms with van der Waals surface area (Å²) in [6.07, 6.45) is 0. The van der Waals surface area contributed by atoms with Gasteiger partial charge in [0.2, 0.25) is 0 Å². The first-order valence-corrected chi connectivity index (χ1v) is 6.37. The molecule has 0 aliphatic heterocycles. The number of rotatable bonds is 4. The first-order chi connectivity index (χ1) is 8.58. The Bertz CT molecular complexity index is 552. The summed E-state index contributed by atoms with van der Waals surface area (Å²) in [4.78, 5) is 13.0. The van der Waals surface area contributed by atoms with Crippen molar-refractivity contribution >= 4 is 28.7 Å². The zero-order chi connectivity index (χ0) is 13.1. The maximum atomic E-state index is 11.0. The van der Waals surface area contributed by atoms with Crippen LogP contribution in [0.25, 0.3) is 0 Å². The number of anilines is 2. The van der Waals surface area contributed by atoms with Crippen molar-refractivity contribution in [1.82, 2.24) is 0 Å². The highest BCUT2D eigenvalue weighted by molar-refractivity contribution is 7.07. The Labute approximate surface area is 109 Å². The lowest BCUT2D eigenvalue weighted by Crippen LogP contribution is -2.16. The van der Waals surface area contributed by atoms with Crippen LogP contribution in [0.4, 0.5) is 11.4 Å². The van der Waals surface area contributed by atoms with Crippen molar-refractivity contribution in [3.63, 3.8) is 0 Å². The van der Waals surface area contributed by atoms with Gasteiger partial charge in [-0.3, -0.25) is 0 Å². The van der Waals surface area contributed by atoms with Crippen molar-refractivity contribution in [1.29, 1.82) is 0 Å². The summed E-state index contributed by atoms with van der Waals surface area (Å²) in [5, 5.41) is 13.1. The van der Waals surface area contributed by atoms with Crippen LogP contribution in [0.2, 0.25) is 0 Å². The minimum absolute atomic E-state index is 0.143. The first kappa shape index (κ1) is 12.4. The third-order valence-corrected chi connectivity index (χ3v) is 3.44. The van der Waals surface area contributed by atoms with Crippen LogP contribution in [-0.2, 0) is 6.54 Å². The molecular formula is C13H14N2O2S. The molecule has 2 rings (SSSR count). The Morgan fingerprint density at radius 1 is 1.44 bits per heavy atom. The number of nitrogens with zero attached hydrogens (tertiary/aromatic N) is 1. The van der Waals surface area contributed by atoms with E-state index in [-0.39, 0.29) is 11.3 Å². The lowest BCUT2D eigenvalue weighted by Gasteiger charge is -2.19. The highest BCUT2D eigenvalue weighted by atomic mass is 32.1. The Kier molecular flexibility index (Phi) is 3.53. The molecule has 0 fully saturated rings. The number of aromatic carboxylic acids is 1. The molecule has 94 valence electrons. The van der Waals surface area contributed by atoms with Gasteiger partial charge in [0.15, 0.2) is 0 Å². The number of nitrogen functional groups attached to an aromatic ring is 1. The predicted octanol–water partition coefficient (Wildman–Crippen LogP) is 2.66. The van der Waals surface area contributed by atoms with E-state index in [1.54, 1.807) is 23.5 Å². The monoisotopic (exact) mass is 262 g/mol. The number of hydrogen-bond acceptors (Lipinski definition) is 4. The van der Waals surface area contributed by atoms with Gasteiger partial charge in [0.25, 0.3) is 0 Å². The van der Waals surface area contributed by atoms with Crippen LogP contribution in [0, 0.1) is 0 Å². The number of carboxylic acids is 1. The van der Waals surface area contributed by atoms with Crippen LogP contribution in [0.15, 0.2) is 35.0 Å². The Balaban J connectivity index is 2.22. The highest BCUT2D eigenvalue weighted by Gasteiger charge is 2.11. The molecule has 0 aliphatic carbocycles. The maximum absolute atomic E-state index is 11.0. The summed E-state index contributed by atoms with van der Waals surface area (Å²) < 4.78 is 0. The number of benzene rings is 1. The average molecular weight is 262 g/mol. The van der Waals surface area contributed by atoms with E-state index in [1.807, 2.05) is 23.4 Å². The van der Waals surface area contributed by atoms with E-state index in [0.29, 0.717) is 0 Å². The van der Waals surface area contributed by atoms with Crippen LogP contribution < -0.4 is 10.6 Å².